The fraction of sp³-hybridized carbons (Fsp3) is 0.167. The Morgan fingerprint density at radius 2 is 2.14 bits per heavy atom. The zero-order chi connectivity index (χ0) is 15.8. The normalized spacial score (nSPS) is 12.0. The van der Waals surface area contributed by atoms with E-state index in [0.717, 1.165) is 17.1 Å². The predicted molar refractivity (Wildman–Crippen MR) is 86.4 cm³/mol. The maximum atomic E-state index is 11.9. The fourth-order valence-electron chi connectivity index (χ4n) is 1.87. The molecule has 0 fully saturated rings. The fourth-order valence-corrected chi connectivity index (χ4v) is 1.87. The van der Waals surface area contributed by atoms with Crippen molar-refractivity contribution in [2.45, 2.75) is 13.0 Å². The molecule has 0 radical (unpaired) electrons. The molecule has 0 aliphatic rings. The Morgan fingerprint density at radius 3 is 2.77 bits per heavy atom. The molecule has 0 saturated heterocycles. The minimum Gasteiger partial charge on any atom is -0.490 e. The van der Waals surface area contributed by atoms with Gasteiger partial charge in [0.05, 0.1) is 12.3 Å². The molecule has 0 aliphatic heterocycles. The number of ether oxygens (including phenoxy) is 1. The minimum atomic E-state index is -0.170. The molecule has 1 aromatic carbocycles. The summed E-state index contributed by atoms with van der Waals surface area (Å²) in [5.41, 5.74) is 0.923. The van der Waals surface area contributed by atoms with Crippen molar-refractivity contribution >= 4 is 12.0 Å². The zero-order valence-corrected chi connectivity index (χ0v) is 12.5. The van der Waals surface area contributed by atoms with Crippen LogP contribution in [0.2, 0.25) is 0 Å². The standard InChI is InChI=1S/C18H19NO3/c1-3-12-21-16-9-6-15(7-10-16)8-11-18(20)19-14(2)17-5-4-13-22-17/h3-11,13-14H,1,12H2,2H3,(H,19,20)/b11-8+/t14-/m0/s1. The van der Waals surface area contributed by atoms with E-state index in [1.54, 1.807) is 24.5 Å². The number of carbonyl (C=O) groups is 1. The van der Waals surface area contributed by atoms with Crippen molar-refractivity contribution in [2.24, 2.45) is 0 Å². The highest BCUT2D eigenvalue weighted by Crippen LogP contribution is 2.14. The summed E-state index contributed by atoms with van der Waals surface area (Å²) in [5, 5.41) is 2.84. The second-order valence-corrected chi connectivity index (χ2v) is 4.75. The number of furan rings is 1. The van der Waals surface area contributed by atoms with Crippen molar-refractivity contribution in [2.75, 3.05) is 6.61 Å². The Hall–Kier alpha value is -2.75. The second-order valence-electron chi connectivity index (χ2n) is 4.75. The van der Waals surface area contributed by atoms with Crippen LogP contribution < -0.4 is 10.1 Å². The zero-order valence-electron chi connectivity index (χ0n) is 12.5. The highest BCUT2D eigenvalue weighted by Gasteiger charge is 2.09. The van der Waals surface area contributed by atoms with Crippen molar-refractivity contribution in [3.8, 4) is 5.75 Å². The monoisotopic (exact) mass is 297 g/mol. The lowest BCUT2D eigenvalue weighted by Gasteiger charge is -2.09. The lowest BCUT2D eigenvalue weighted by atomic mass is 10.2. The van der Waals surface area contributed by atoms with Crippen molar-refractivity contribution < 1.29 is 13.9 Å². The van der Waals surface area contributed by atoms with Gasteiger partial charge in [0.25, 0.3) is 0 Å². The summed E-state index contributed by atoms with van der Waals surface area (Å²) >= 11 is 0. The molecular weight excluding hydrogens is 278 g/mol. The number of carbonyl (C=O) groups excluding carboxylic acids is 1. The lowest BCUT2D eigenvalue weighted by Crippen LogP contribution is -2.24. The molecule has 2 aromatic rings. The molecule has 4 nitrogen and oxygen atoms in total. The molecule has 114 valence electrons. The Morgan fingerprint density at radius 1 is 1.36 bits per heavy atom. The molecule has 0 saturated carbocycles. The molecule has 0 bridgehead atoms. The third-order valence-corrected chi connectivity index (χ3v) is 3.00. The van der Waals surface area contributed by atoms with Crippen LogP contribution in [0.25, 0.3) is 6.08 Å². The molecule has 1 amide bonds. The molecule has 0 aliphatic carbocycles. The third-order valence-electron chi connectivity index (χ3n) is 3.00. The summed E-state index contributed by atoms with van der Waals surface area (Å²) in [6.45, 7) is 5.94. The smallest absolute Gasteiger partial charge is 0.244 e. The second kappa shape index (κ2) is 7.88. The van der Waals surface area contributed by atoms with Crippen LogP contribution in [0, 0.1) is 0 Å². The summed E-state index contributed by atoms with van der Waals surface area (Å²) in [7, 11) is 0. The maximum Gasteiger partial charge on any atom is 0.244 e. The van der Waals surface area contributed by atoms with Gasteiger partial charge in [-0.15, -0.1) is 0 Å². The van der Waals surface area contributed by atoms with Crippen LogP contribution in [0.3, 0.4) is 0 Å². The largest absolute Gasteiger partial charge is 0.490 e. The number of benzene rings is 1. The highest BCUT2D eigenvalue weighted by atomic mass is 16.5. The van der Waals surface area contributed by atoms with Crippen LogP contribution in [0.1, 0.15) is 24.3 Å². The van der Waals surface area contributed by atoms with Crippen molar-refractivity contribution in [1.29, 1.82) is 0 Å². The predicted octanol–water partition coefficient (Wildman–Crippen LogP) is 3.74. The van der Waals surface area contributed by atoms with Crippen molar-refractivity contribution in [3.63, 3.8) is 0 Å². The first-order valence-corrected chi connectivity index (χ1v) is 7.05. The van der Waals surface area contributed by atoms with Crippen LogP contribution in [0.4, 0.5) is 0 Å². The number of amides is 1. The van der Waals surface area contributed by atoms with Gasteiger partial charge in [-0.3, -0.25) is 4.79 Å². The van der Waals surface area contributed by atoms with Crippen LogP contribution in [-0.2, 0) is 4.79 Å². The molecule has 0 spiro atoms. The number of hydrogen-bond acceptors (Lipinski definition) is 3. The molecular formula is C18H19NO3. The van der Waals surface area contributed by atoms with E-state index in [0.29, 0.717) is 6.61 Å². The van der Waals surface area contributed by atoms with Crippen molar-refractivity contribution in [3.05, 3.63) is 72.7 Å². The Kier molecular flexibility index (Phi) is 5.60. The molecule has 1 atom stereocenters. The lowest BCUT2D eigenvalue weighted by molar-refractivity contribution is -0.117. The highest BCUT2D eigenvalue weighted by molar-refractivity contribution is 5.91. The van der Waals surface area contributed by atoms with E-state index in [1.165, 1.54) is 6.08 Å². The van der Waals surface area contributed by atoms with E-state index >= 15 is 0 Å². The SMILES string of the molecule is C=CCOc1ccc(/C=C/C(=O)N[C@@H](C)c2ccco2)cc1. The van der Waals surface area contributed by atoms with E-state index in [2.05, 4.69) is 11.9 Å². The first kappa shape index (κ1) is 15.6. The Labute approximate surface area is 130 Å². The van der Waals surface area contributed by atoms with Crippen LogP contribution in [0.15, 0.2) is 65.8 Å². The topological polar surface area (TPSA) is 51.5 Å². The molecule has 1 heterocycles. The average Bonchev–Trinajstić information content (AvgIpc) is 3.06. The Balaban J connectivity index is 1.88. The summed E-state index contributed by atoms with van der Waals surface area (Å²) in [4.78, 5) is 11.9. The summed E-state index contributed by atoms with van der Waals surface area (Å²) in [5.74, 6) is 1.33. The summed E-state index contributed by atoms with van der Waals surface area (Å²) in [6.07, 6.45) is 6.53. The van der Waals surface area contributed by atoms with E-state index < -0.39 is 0 Å². The quantitative estimate of drug-likeness (QED) is 0.625. The van der Waals surface area contributed by atoms with Gasteiger partial charge in [-0.25, -0.2) is 0 Å². The Bertz CT molecular complexity index is 627. The van der Waals surface area contributed by atoms with Crippen LogP contribution in [0.5, 0.6) is 5.75 Å². The third kappa shape index (κ3) is 4.66. The number of nitrogens with one attached hydrogen (secondary N) is 1. The number of rotatable bonds is 7. The molecule has 4 heteroatoms. The first-order valence-electron chi connectivity index (χ1n) is 7.05. The van der Waals surface area contributed by atoms with Gasteiger partial charge in [0, 0.05) is 6.08 Å². The van der Waals surface area contributed by atoms with Gasteiger partial charge < -0.3 is 14.5 Å². The van der Waals surface area contributed by atoms with Gasteiger partial charge in [-0.05, 0) is 42.8 Å². The molecule has 1 aromatic heterocycles. The van der Waals surface area contributed by atoms with Crippen LogP contribution >= 0.6 is 0 Å². The van der Waals surface area contributed by atoms with E-state index in [9.17, 15) is 4.79 Å². The molecule has 22 heavy (non-hydrogen) atoms. The molecule has 2 rings (SSSR count). The van der Waals surface area contributed by atoms with E-state index in [-0.39, 0.29) is 11.9 Å². The van der Waals surface area contributed by atoms with Crippen molar-refractivity contribution in [1.82, 2.24) is 5.32 Å². The van der Waals surface area contributed by atoms with Gasteiger partial charge >= 0.3 is 0 Å². The van der Waals surface area contributed by atoms with Gasteiger partial charge in [0.1, 0.15) is 18.1 Å². The van der Waals surface area contributed by atoms with Gasteiger partial charge in [-0.2, -0.15) is 0 Å². The van der Waals surface area contributed by atoms with Crippen LogP contribution in [-0.4, -0.2) is 12.5 Å². The molecule has 1 N–H and O–H groups in total. The molecule has 0 unspecified atom stereocenters. The van der Waals surface area contributed by atoms with Gasteiger partial charge in [0.2, 0.25) is 5.91 Å². The first-order chi connectivity index (χ1) is 10.7. The van der Waals surface area contributed by atoms with E-state index in [1.807, 2.05) is 37.3 Å². The van der Waals surface area contributed by atoms with Gasteiger partial charge in [-0.1, -0.05) is 24.8 Å². The van der Waals surface area contributed by atoms with Gasteiger partial charge in [0.15, 0.2) is 0 Å². The summed E-state index contributed by atoms with van der Waals surface area (Å²) in [6, 6.07) is 10.9. The average molecular weight is 297 g/mol. The number of hydrogen-bond donors (Lipinski definition) is 1. The summed E-state index contributed by atoms with van der Waals surface area (Å²) < 4.78 is 10.6. The maximum absolute atomic E-state index is 11.9. The van der Waals surface area contributed by atoms with E-state index in [4.69, 9.17) is 9.15 Å². The minimum absolute atomic E-state index is 0.165.